The molecule has 20 atom stereocenters. The van der Waals surface area contributed by atoms with Gasteiger partial charge in [-0.15, -0.1) is 0 Å². The van der Waals surface area contributed by atoms with Crippen LogP contribution in [0.4, 0.5) is 0 Å². The average Bonchev–Trinajstić information content (AvgIpc) is 0.672. The molecule has 6 N–H and O–H groups in total. The van der Waals surface area contributed by atoms with Gasteiger partial charge in [-0.25, -0.2) is 9.59 Å². The van der Waals surface area contributed by atoms with Gasteiger partial charge in [-0.1, -0.05) is 77.6 Å². The Morgan fingerprint density at radius 2 is 0.841 bits per heavy atom. The van der Waals surface area contributed by atoms with Crippen molar-refractivity contribution in [2.24, 2.45) is 33.5 Å². The van der Waals surface area contributed by atoms with Crippen molar-refractivity contribution in [2.75, 3.05) is 13.2 Å². The first-order valence-electron chi connectivity index (χ1n) is 28.6. The second-order valence-corrected chi connectivity index (χ2v) is 26.0. The molecular weight excluding hydrogens is 3140 g/mol. The molecule has 3 aliphatic heterocycles. The van der Waals surface area contributed by atoms with Gasteiger partial charge in [0.15, 0.2) is 29.4 Å². The average molecular weight is 3220 g/mol. The number of carbonyl (C=O) groups is 6. The molecule has 9 aliphatic rings. The Kier molecular flexibility index (Phi) is 97.6. The van der Waals surface area contributed by atoms with Crippen LogP contribution in [-0.4, -0.2) is 175 Å². The van der Waals surface area contributed by atoms with Crippen molar-refractivity contribution < 1.29 is 854 Å². The van der Waals surface area contributed by atoms with E-state index < -0.39 is 165 Å². The number of hydrogen-bond donors (Lipinski definition) is 6. The molecule has 2 aromatic rings. The number of rotatable bonds is 8. The van der Waals surface area contributed by atoms with E-state index in [1.54, 1.807) is 90.1 Å². The van der Waals surface area contributed by atoms with Gasteiger partial charge in [0.25, 0.3) is 0 Å². The van der Waals surface area contributed by atoms with E-state index in [-0.39, 0.29) is 808 Å². The second kappa shape index (κ2) is 66.3. The molecule has 44 heteroatoms. The number of ketones is 1. The zero-order valence-electron chi connectivity index (χ0n) is 62.5. The van der Waals surface area contributed by atoms with Crippen LogP contribution >= 0.6 is 0 Å². The Morgan fingerprint density at radius 1 is 0.486 bits per heavy atom. The maximum Gasteiger partial charge on any atom is 0.338 e. The summed E-state index contributed by atoms with van der Waals surface area (Å²) in [7, 11) is 0. The second-order valence-electron chi connectivity index (χ2n) is 26.0. The summed E-state index contributed by atoms with van der Waals surface area (Å²) in [4.78, 5) is 79.8. The topological polar surface area (TPSA) is 307 Å². The Hall–Kier alpha value is 19.7. The Bertz CT molecular complexity index is 3160. The molecular formula is C63H78O21Y23. The third kappa shape index (κ3) is 31.3. The van der Waals surface area contributed by atoms with E-state index in [0.717, 1.165) is 0 Å². The summed E-state index contributed by atoms with van der Waals surface area (Å²) in [6.45, 7) is 20.9. The van der Waals surface area contributed by atoms with Gasteiger partial charge in [0.2, 0.25) is 0 Å². The molecule has 6 aliphatic carbocycles. The molecule has 4 bridgehead atoms. The fraction of sp³-hybridized carbons (Fsp3) is 0.619. The van der Waals surface area contributed by atoms with Gasteiger partial charge in [0.1, 0.15) is 47.8 Å². The van der Waals surface area contributed by atoms with Crippen LogP contribution in [0.3, 0.4) is 0 Å². The Balaban J connectivity index is -0.000000112. The van der Waals surface area contributed by atoms with Crippen LogP contribution in [0, 0.1) is 33.5 Å². The minimum atomic E-state index is -2.07. The minimum Gasteiger partial charge on any atom is -0.455 e. The number of Topliss-reactive ketones (excluding diaryl/α,β-unsaturated/α-hetero) is 1. The fourth-order valence-corrected chi connectivity index (χ4v) is 16.6. The van der Waals surface area contributed by atoms with E-state index in [2.05, 4.69) is 6.58 Å². The van der Waals surface area contributed by atoms with E-state index in [0.29, 0.717) is 16.7 Å². The van der Waals surface area contributed by atoms with Gasteiger partial charge >= 0.3 is 29.8 Å². The molecule has 107 heavy (non-hydrogen) atoms. The minimum absolute atomic E-state index is 0. The number of aliphatic hydroxyl groups is 6. The largest absolute Gasteiger partial charge is 0.455 e. The van der Waals surface area contributed by atoms with Gasteiger partial charge in [-0.3, -0.25) is 19.2 Å². The van der Waals surface area contributed by atoms with E-state index in [9.17, 15) is 59.4 Å². The van der Waals surface area contributed by atoms with Gasteiger partial charge in [0, 0.05) is 815 Å². The number of hydrogen-bond acceptors (Lipinski definition) is 21. The molecule has 21 nitrogen and oxygen atoms in total. The summed E-state index contributed by atoms with van der Waals surface area (Å²) in [5.74, 6) is -6.49. The smallest absolute Gasteiger partial charge is 0.338 e. The monoisotopic (exact) mass is 3220 g/mol. The predicted octanol–water partition coefficient (Wildman–Crippen LogP) is 4.04. The molecule has 11 rings (SSSR count). The standard InChI is InChI=1S/C34H42O11.C29H36O10.23Y/c1-8-24-42-22-14-23-33(16-40-23,45-19(4)36)27-29(44-30(38)20-12-10-9-11-13-20)34(39)15-21(37)17(2)25(31(34,5)6)26(41-18(3)35)28(43-24)32(22,27)7;1-14-17(31)12-29(36)24(38-25(35)16-9-7-6-8-10-16)22-27(5,23(34)21(33)20(14)26(29,3)4)18(32)11-19-28(22,13-37-19)39-15(2)30;;;;;;;;;;;;;;;;;;;;;;;/h8-13,21-24,26-29,37,39H,1,14-16H2,2-7H3;6-10,17-19,21-22,24,31-33,36H,11-13H2,1-5H3;;;;;;;;;;;;;;;;;;;;;;;/t21-,22-,23+,24?,26-,27-,28?,29-,32+,33-,34+;17-,18-,19+,21+,22-,24-,27+,28-,29+;;;;;;;;;;;;;;;;;;;;;;;/m00......................./s1. The first-order valence-corrected chi connectivity index (χ1v) is 28.6. The van der Waals surface area contributed by atoms with E-state index >= 15 is 0 Å². The molecule has 7 fully saturated rings. The molecule has 3 heterocycles. The number of benzene rings is 2. The van der Waals surface area contributed by atoms with E-state index in [1.165, 1.54) is 45.9 Å². The van der Waals surface area contributed by atoms with Gasteiger partial charge in [0.05, 0.1) is 66.0 Å². The van der Waals surface area contributed by atoms with Gasteiger partial charge in [-0.2, -0.15) is 0 Å². The molecule has 4 saturated carbocycles. The van der Waals surface area contributed by atoms with Crippen molar-refractivity contribution >= 4 is 35.6 Å². The molecule has 0 spiro atoms. The quantitative estimate of drug-likeness (QED) is 0.123. The van der Waals surface area contributed by atoms with Crippen molar-refractivity contribution in [1.29, 1.82) is 0 Å². The molecule has 3 saturated heterocycles. The van der Waals surface area contributed by atoms with Gasteiger partial charge in [-0.05, 0) is 73.4 Å². The van der Waals surface area contributed by atoms with Crippen LogP contribution in [-0.2, 0) is 814 Å². The Labute approximate surface area is 1210 Å². The summed E-state index contributed by atoms with van der Waals surface area (Å²) >= 11 is 0. The summed E-state index contributed by atoms with van der Waals surface area (Å²) in [5, 5.41) is 71.4. The predicted molar refractivity (Wildman–Crippen MR) is 293 cm³/mol. The van der Waals surface area contributed by atoms with Crippen molar-refractivity contribution in [3.05, 3.63) is 107 Å². The maximum absolute atomic E-state index is 14.3. The van der Waals surface area contributed by atoms with Gasteiger partial charge < -0.3 is 73.3 Å². The molecule has 525 valence electrons. The molecule has 0 amide bonds. The van der Waals surface area contributed by atoms with Crippen LogP contribution in [0.5, 0.6) is 0 Å². The number of esters is 5. The molecule has 0 aromatic heterocycles. The molecule has 23 radical (unpaired) electrons. The van der Waals surface area contributed by atoms with Crippen molar-refractivity contribution in [2.45, 2.75) is 198 Å². The van der Waals surface area contributed by atoms with E-state index in [4.69, 9.17) is 42.6 Å². The first kappa shape index (κ1) is 158. The van der Waals surface area contributed by atoms with Crippen LogP contribution in [0.1, 0.15) is 123 Å². The summed E-state index contributed by atoms with van der Waals surface area (Å²) in [5.41, 5.74) is -10.8. The third-order valence-corrected chi connectivity index (χ3v) is 21.1. The van der Waals surface area contributed by atoms with Crippen LogP contribution in [0.2, 0.25) is 0 Å². The number of ether oxygens (including phenoxy) is 9. The van der Waals surface area contributed by atoms with Crippen molar-refractivity contribution in [3.8, 4) is 0 Å². The molecule has 2 unspecified atom stereocenters. The normalized spacial score (nSPS) is 33.6. The first-order chi connectivity index (χ1) is 39.2. The zero-order chi connectivity index (χ0) is 61.4. The van der Waals surface area contributed by atoms with Crippen LogP contribution in [0.15, 0.2) is 95.6 Å². The van der Waals surface area contributed by atoms with Crippen molar-refractivity contribution in [1.82, 2.24) is 0 Å². The molecule has 2 aromatic carbocycles. The van der Waals surface area contributed by atoms with Crippen LogP contribution in [0.25, 0.3) is 0 Å². The number of fused-ring (bicyclic) bond motifs is 9. The number of aliphatic hydroxyl groups excluding tert-OH is 4. The van der Waals surface area contributed by atoms with E-state index in [1.807, 2.05) is 6.92 Å². The summed E-state index contributed by atoms with van der Waals surface area (Å²) in [6.07, 6.45) is -12.6. The summed E-state index contributed by atoms with van der Waals surface area (Å²) in [6, 6.07) is 16.5. The van der Waals surface area contributed by atoms with Crippen LogP contribution < -0.4 is 0 Å². The SMILES string of the molecule is C=CC1OC2[C@@H](OC(C)=O)C3=C(C)[C@@H](O)C[C@@](O)([C@@H](OC(=O)c4ccccc4)[C@@H]4[C@]5(OC(C)=O)CO[C@@H]5C[C@H](O1)[C@@]24C)C3(C)C.CC(=O)O[C@@]12CO[C@@H]1C[C@H](O)[C@@]1(C)C(=O)[C@H](O)C3=C(C)[C@@H](O)C[C@@](O)([C@@H](OC(=O)c4ccccc4)[C@H]21)C3(C)C.[Y].[Y].[Y].[Y].[Y].[Y].[Y].[Y].[Y].[Y].[Y].[Y].[Y].[Y].[Y].[Y].[Y].[Y].[Y].[Y].[Y].[Y].[Y]. The number of carbonyl (C=O) groups excluding carboxylic acids is 6. The summed E-state index contributed by atoms with van der Waals surface area (Å²) < 4.78 is 55.5. The Morgan fingerprint density at radius 3 is 1.20 bits per heavy atom. The zero-order valence-corrected chi connectivity index (χ0v) is 128. The third-order valence-electron chi connectivity index (χ3n) is 21.1. The maximum atomic E-state index is 14.3. The fourth-order valence-electron chi connectivity index (χ4n) is 16.6. The van der Waals surface area contributed by atoms with Crippen molar-refractivity contribution in [3.63, 3.8) is 0 Å².